The van der Waals surface area contributed by atoms with Gasteiger partial charge in [0.1, 0.15) is 5.69 Å². The molecule has 0 spiro atoms. The number of aryl methyl sites for hydroxylation is 1. The Morgan fingerprint density at radius 2 is 2.32 bits per heavy atom. The molecule has 1 saturated heterocycles. The molecule has 0 aromatic heterocycles. The third-order valence-electron chi connectivity index (χ3n) is 3.76. The highest BCUT2D eigenvalue weighted by Gasteiger charge is 2.25. The van der Waals surface area contributed by atoms with Crippen LogP contribution in [0, 0.1) is 23.0 Å². The summed E-state index contributed by atoms with van der Waals surface area (Å²) >= 11 is 0. The quantitative estimate of drug-likeness (QED) is 0.669. The lowest BCUT2D eigenvalue weighted by atomic mass is 9.94. The molecular formula is C14H21N3O2. The maximum absolute atomic E-state index is 11.2. The summed E-state index contributed by atoms with van der Waals surface area (Å²) in [5.74, 6) is 0.555. The van der Waals surface area contributed by atoms with Crippen molar-refractivity contribution in [2.24, 2.45) is 11.7 Å². The van der Waals surface area contributed by atoms with Gasteiger partial charge in [-0.15, -0.1) is 0 Å². The molecule has 1 unspecified atom stereocenters. The number of hydrogen-bond acceptors (Lipinski definition) is 4. The molecule has 0 radical (unpaired) electrons. The molecule has 2 rings (SSSR count). The second-order valence-corrected chi connectivity index (χ2v) is 5.28. The van der Waals surface area contributed by atoms with Gasteiger partial charge in [0.15, 0.2) is 0 Å². The monoisotopic (exact) mass is 263 g/mol. The van der Waals surface area contributed by atoms with E-state index in [0.29, 0.717) is 12.5 Å². The van der Waals surface area contributed by atoms with E-state index in [2.05, 4.69) is 4.90 Å². The van der Waals surface area contributed by atoms with Gasteiger partial charge in [-0.2, -0.15) is 0 Å². The minimum Gasteiger partial charge on any atom is -0.366 e. The number of piperidine rings is 1. The number of nitrogens with zero attached hydrogens (tertiary/aromatic N) is 2. The first-order chi connectivity index (χ1) is 9.11. The summed E-state index contributed by atoms with van der Waals surface area (Å²) in [5.41, 5.74) is 7.50. The third-order valence-corrected chi connectivity index (χ3v) is 3.76. The zero-order valence-corrected chi connectivity index (χ0v) is 11.3. The Balaban J connectivity index is 2.23. The molecule has 1 fully saturated rings. The lowest BCUT2D eigenvalue weighted by molar-refractivity contribution is -0.384. The van der Waals surface area contributed by atoms with Gasteiger partial charge >= 0.3 is 0 Å². The molecule has 1 aliphatic heterocycles. The van der Waals surface area contributed by atoms with Crippen LogP contribution in [0.5, 0.6) is 0 Å². The highest BCUT2D eigenvalue weighted by atomic mass is 16.6. The van der Waals surface area contributed by atoms with Crippen LogP contribution >= 0.6 is 0 Å². The van der Waals surface area contributed by atoms with Crippen molar-refractivity contribution in [3.8, 4) is 0 Å². The molecular weight excluding hydrogens is 242 g/mol. The second kappa shape index (κ2) is 6.02. The van der Waals surface area contributed by atoms with E-state index in [9.17, 15) is 10.1 Å². The average molecular weight is 263 g/mol. The number of anilines is 1. The van der Waals surface area contributed by atoms with Gasteiger partial charge in [-0.25, -0.2) is 0 Å². The van der Waals surface area contributed by atoms with Gasteiger partial charge in [0.05, 0.1) is 4.92 Å². The molecule has 1 aromatic rings. The standard InChI is InChI=1S/C14H21N3O2/c1-11-4-5-13(14(9-11)17(18)19)16-8-2-3-12(10-16)6-7-15/h4-5,9,12H,2-3,6-8,10,15H2,1H3. The first-order valence-electron chi connectivity index (χ1n) is 6.82. The van der Waals surface area contributed by atoms with Gasteiger partial charge in [0.2, 0.25) is 0 Å². The zero-order valence-electron chi connectivity index (χ0n) is 11.3. The van der Waals surface area contributed by atoms with Crippen LogP contribution in [0.1, 0.15) is 24.8 Å². The van der Waals surface area contributed by atoms with Crippen molar-refractivity contribution < 1.29 is 4.92 Å². The number of hydrogen-bond donors (Lipinski definition) is 1. The van der Waals surface area contributed by atoms with Crippen LogP contribution in [-0.2, 0) is 0 Å². The molecule has 1 atom stereocenters. The summed E-state index contributed by atoms with van der Waals surface area (Å²) in [6.07, 6.45) is 3.25. The maximum atomic E-state index is 11.2. The number of nitro benzene ring substituents is 1. The molecule has 104 valence electrons. The summed E-state index contributed by atoms with van der Waals surface area (Å²) in [7, 11) is 0. The number of nitrogens with two attached hydrogens (primary N) is 1. The number of benzene rings is 1. The van der Waals surface area contributed by atoms with E-state index < -0.39 is 0 Å². The van der Waals surface area contributed by atoms with Crippen molar-refractivity contribution in [2.45, 2.75) is 26.2 Å². The van der Waals surface area contributed by atoms with Crippen LogP contribution in [0.25, 0.3) is 0 Å². The first-order valence-corrected chi connectivity index (χ1v) is 6.82. The first kappa shape index (κ1) is 13.8. The van der Waals surface area contributed by atoms with Gasteiger partial charge in [-0.05, 0) is 50.3 Å². The van der Waals surface area contributed by atoms with E-state index in [1.54, 1.807) is 6.07 Å². The van der Waals surface area contributed by atoms with Crippen LogP contribution in [0.15, 0.2) is 18.2 Å². The molecule has 5 nitrogen and oxygen atoms in total. The lowest BCUT2D eigenvalue weighted by Crippen LogP contribution is -2.36. The predicted octanol–water partition coefficient (Wildman–Crippen LogP) is 2.47. The van der Waals surface area contributed by atoms with Crippen LogP contribution in [0.4, 0.5) is 11.4 Å². The summed E-state index contributed by atoms with van der Waals surface area (Å²) in [4.78, 5) is 13.0. The maximum Gasteiger partial charge on any atom is 0.292 e. The van der Waals surface area contributed by atoms with Crippen molar-refractivity contribution in [1.82, 2.24) is 0 Å². The Kier molecular flexibility index (Phi) is 4.37. The van der Waals surface area contributed by atoms with E-state index in [1.807, 2.05) is 19.1 Å². The molecule has 1 aliphatic rings. The Morgan fingerprint density at radius 1 is 1.53 bits per heavy atom. The van der Waals surface area contributed by atoms with Gasteiger partial charge in [-0.3, -0.25) is 10.1 Å². The number of nitro groups is 1. The normalized spacial score (nSPS) is 19.5. The van der Waals surface area contributed by atoms with Crippen LogP contribution < -0.4 is 10.6 Å². The zero-order chi connectivity index (χ0) is 13.8. The summed E-state index contributed by atoms with van der Waals surface area (Å²) in [6.45, 7) is 4.34. The van der Waals surface area contributed by atoms with Gasteiger partial charge in [-0.1, -0.05) is 6.07 Å². The van der Waals surface area contributed by atoms with Crippen LogP contribution in [0.2, 0.25) is 0 Å². The molecule has 0 bridgehead atoms. The van der Waals surface area contributed by atoms with Crippen LogP contribution in [0.3, 0.4) is 0 Å². The van der Waals surface area contributed by atoms with Crippen molar-refractivity contribution in [1.29, 1.82) is 0 Å². The Bertz CT molecular complexity index is 460. The lowest BCUT2D eigenvalue weighted by Gasteiger charge is -2.34. The molecule has 5 heteroatoms. The highest BCUT2D eigenvalue weighted by Crippen LogP contribution is 2.32. The molecule has 19 heavy (non-hydrogen) atoms. The minimum atomic E-state index is -0.283. The summed E-state index contributed by atoms with van der Waals surface area (Å²) in [6, 6.07) is 5.47. The fourth-order valence-electron chi connectivity index (χ4n) is 2.80. The van der Waals surface area contributed by atoms with Gasteiger partial charge < -0.3 is 10.6 Å². The molecule has 0 saturated carbocycles. The van der Waals surface area contributed by atoms with E-state index in [1.165, 1.54) is 6.42 Å². The van der Waals surface area contributed by atoms with Crippen molar-refractivity contribution in [2.75, 3.05) is 24.5 Å². The smallest absolute Gasteiger partial charge is 0.292 e. The van der Waals surface area contributed by atoms with Crippen molar-refractivity contribution >= 4 is 11.4 Å². The molecule has 2 N–H and O–H groups in total. The Morgan fingerprint density at radius 3 is 3.00 bits per heavy atom. The minimum absolute atomic E-state index is 0.216. The average Bonchev–Trinajstić information content (AvgIpc) is 2.39. The third kappa shape index (κ3) is 3.23. The fourth-order valence-corrected chi connectivity index (χ4v) is 2.80. The predicted molar refractivity (Wildman–Crippen MR) is 76.4 cm³/mol. The number of rotatable bonds is 4. The topological polar surface area (TPSA) is 72.4 Å². The van der Waals surface area contributed by atoms with E-state index in [-0.39, 0.29) is 10.6 Å². The fraction of sp³-hybridized carbons (Fsp3) is 0.571. The molecule has 0 amide bonds. The van der Waals surface area contributed by atoms with E-state index in [4.69, 9.17) is 5.73 Å². The van der Waals surface area contributed by atoms with Crippen LogP contribution in [-0.4, -0.2) is 24.6 Å². The molecule has 1 heterocycles. The van der Waals surface area contributed by atoms with Gasteiger partial charge in [0.25, 0.3) is 5.69 Å². The Hall–Kier alpha value is -1.62. The summed E-state index contributed by atoms with van der Waals surface area (Å²) < 4.78 is 0. The van der Waals surface area contributed by atoms with Crippen molar-refractivity contribution in [3.63, 3.8) is 0 Å². The largest absolute Gasteiger partial charge is 0.366 e. The van der Waals surface area contributed by atoms with Gasteiger partial charge in [0, 0.05) is 19.2 Å². The molecule has 0 aliphatic carbocycles. The molecule has 1 aromatic carbocycles. The van der Waals surface area contributed by atoms with E-state index in [0.717, 1.165) is 37.2 Å². The van der Waals surface area contributed by atoms with Crippen molar-refractivity contribution in [3.05, 3.63) is 33.9 Å². The Labute approximate surface area is 113 Å². The van der Waals surface area contributed by atoms with E-state index >= 15 is 0 Å². The summed E-state index contributed by atoms with van der Waals surface area (Å²) in [5, 5.41) is 11.2. The second-order valence-electron chi connectivity index (χ2n) is 5.28. The highest BCUT2D eigenvalue weighted by molar-refractivity contribution is 5.64. The SMILES string of the molecule is Cc1ccc(N2CCCC(CCN)C2)c([N+](=O)[O-])c1.